The Bertz CT molecular complexity index is 233. The molecule has 0 saturated carbocycles. The summed E-state index contributed by atoms with van der Waals surface area (Å²) in [5.41, 5.74) is 0.139. The maximum atomic E-state index is 11.9. The second-order valence-electron chi connectivity index (χ2n) is 4.66. The molecule has 0 aliphatic carbocycles. The highest BCUT2D eigenvalue weighted by Gasteiger charge is 2.42. The smallest absolute Gasteiger partial charge is 0.223 e. The van der Waals surface area contributed by atoms with E-state index in [2.05, 4.69) is 10.2 Å². The number of carbonyl (C=O) groups excluding carboxylic acids is 1. The van der Waals surface area contributed by atoms with Gasteiger partial charge in [0.1, 0.15) is 0 Å². The SMILES string of the molecule is [B]CCN1C(=O)CCCC12CCNCC2. The number of nitrogens with zero attached hydrogens (tertiary/aromatic N) is 1. The fourth-order valence-electron chi connectivity index (χ4n) is 3.01. The van der Waals surface area contributed by atoms with Crippen molar-refractivity contribution < 1.29 is 4.79 Å². The summed E-state index contributed by atoms with van der Waals surface area (Å²) in [6, 6.07) is 0. The van der Waals surface area contributed by atoms with Gasteiger partial charge in [0.15, 0.2) is 0 Å². The highest BCUT2D eigenvalue weighted by atomic mass is 16.2. The van der Waals surface area contributed by atoms with Gasteiger partial charge in [-0.3, -0.25) is 4.79 Å². The fraction of sp³-hybridized carbons (Fsp3) is 0.909. The van der Waals surface area contributed by atoms with E-state index < -0.39 is 0 Å². The lowest BCUT2D eigenvalue weighted by Gasteiger charge is -2.49. The van der Waals surface area contributed by atoms with E-state index >= 15 is 0 Å². The predicted molar refractivity (Wildman–Crippen MR) is 61.0 cm³/mol. The summed E-state index contributed by atoms with van der Waals surface area (Å²) in [5, 5.41) is 3.36. The van der Waals surface area contributed by atoms with Gasteiger partial charge in [0, 0.05) is 18.5 Å². The van der Waals surface area contributed by atoms with Crippen molar-refractivity contribution in [2.75, 3.05) is 19.6 Å². The molecule has 82 valence electrons. The van der Waals surface area contributed by atoms with Crippen LogP contribution in [0.1, 0.15) is 32.1 Å². The molecule has 0 bridgehead atoms. The molecule has 0 aromatic carbocycles. The van der Waals surface area contributed by atoms with E-state index in [0.717, 1.165) is 45.3 Å². The van der Waals surface area contributed by atoms with Crippen LogP contribution in [0.15, 0.2) is 0 Å². The first kappa shape index (κ1) is 11.0. The molecule has 1 N–H and O–H groups in total. The van der Waals surface area contributed by atoms with E-state index in [1.165, 1.54) is 6.42 Å². The first-order valence-electron chi connectivity index (χ1n) is 6.00. The Morgan fingerprint density at radius 2 is 2.07 bits per heavy atom. The minimum atomic E-state index is 0.139. The van der Waals surface area contributed by atoms with Crippen LogP contribution in [-0.2, 0) is 4.79 Å². The zero-order valence-electron chi connectivity index (χ0n) is 9.30. The van der Waals surface area contributed by atoms with E-state index in [1.807, 2.05) is 0 Å². The average Bonchev–Trinajstić information content (AvgIpc) is 2.25. The molecule has 2 aliphatic heterocycles. The third-order valence-corrected chi connectivity index (χ3v) is 3.79. The van der Waals surface area contributed by atoms with Crippen molar-refractivity contribution in [3.8, 4) is 0 Å². The van der Waals surface area contributed by atoms with Crippen molar-refractivity contribution >= 4 is 13.8 Å². The van der Waals surface area contributed by atoms with Gasteiger partial charge >= 0.3 is 0 Å². The van der Waals surface area contributed by atoms with Crippen LogP contribution >= 0.6 is 0 Å². The molecule has 2 heterocycles. The fourth-order valence-corrected chi connectivity index (χ4v) is 3.01. The minimum Gasteiger partial charge on any atom is -0.338 e. The molecule has 2 rings (SSSR count). The molecule has 1 amide bonds. The average molecular weight is 206 g/mol. The van der Waals surface area contributed by atoms with Crippen molar-refractivity contribution in [1.82, 2.24) is 10.2 Å². The number of carbonyl (C=O) groups is 1. The molecule has 15 heavy (non-hydrogen) atoms. The molecular formula is C11H19BN2O. The van der Waals surface area contributed by atoms with Crippen LogP contribution in [0.3, 0.4) is 0 Å². The van der Waals surface area contributed by atoms with Gasteiger partial charge in [0.05, 0.1) is 7.85 Å². The summed E-state index contributed by atoms with van der Waals surface area (Å²) in [4.78, 5) is 14.0. The number of likely N-dealkylation sites (tertiary alicyclic amines) is 1. The van der Waals surface area contributed by atoms with Gasteiger partial charge in [-0.1, -0.05) is 6.32 Å². The summed E-state index contributed by atoms with van der Waals surface area (Å²) in [6.45, 7) is 2.81. The molecule has 2 radical (unpaired) electrons. The van der Waals surface area contributed by atoms with Crippen LogP contribution in [0.5, 0.6) is 0 Å². The molecule has 0 unspecified atom stereocenters. The first-order valence-corrected chi connectivity index (χ1v) is 6.00. The van der Waals surface area contributed by atoms with Crippen molar-refractivity contribution in [3.05, 3.63) is 0 Å². The zero-order chi connectivity index (χ0) is 10.7. The van der Waals surface area contributed by atoms with Crippen LogP contribution in [0.25, 0.3) is 0 Å². The number of piperidine rings is 2. The van der Waals surface area contributed by atoms with Crippen molar-refractivity contribution in [1.29, 1.82) is 0 Å². The highest BCUT2D eigenvalue weighted by Crippen LogP contribution is 2.36. The van der Waals surface area contributed by atoms with E-state index in [1.54, 1.807) is 0 Å². The first-order chi connectivity index (χ1) is 7.28. The highest BCUT2D eigenvalue weighted by molar-refractivity contribution is 6.08. The third-order valence-electron chi connectivity index (χ3n) is 3.79. The van der Waals surface area contributed by atoms with Crippen molar-refractivity contribution in [2.24, 2.45) is 0 Å². The van der Waals surface area contributed by atoms with Gasteiger partial charge in [-0.2, -0.15) is 0 Å². The van der Waals surface area contributed by atoms with Gasteiger partial charge in [-0.15, -0.1) is 0 Å². The molecule has 3 nitrogen and oxygen atoms in total. The van der Waals surface area contributed by atoms with Gasteiger partial charge in [-0.25, -0.2) is 0 Å². The third kappa shape index (κ3) is 2.05. The minimum absolute atomic E-state index is 0.139. The van der Waals surface area contributed by atoms with Gasteiger partial charge < -0.3 is 10.2 Å². The Labute approximate surface area is 93.0 Å². The van der Waals surface area contributed by atoms with Crippen LogP contribution in [0, 0.1) is 0 Å². The van der Waals surface area contributed by atoms with Gasteiger partial charge in [0.25, 0.3) is 0 Å². The van der Waals surface area contributed by atoms with Crippen LogP contribution in [-0.4, -0.2) is 43.8 Å². The molecule has 2 fully saturated rings. The summed E-state index contributed by atoms with van der Waals surface area (Å²) in [7, 11) is 5.60. The maximum Gasteiger partial charge on any atom is 0.223 e. The Hall–Kier alpha value is -0.505. The summed E-state index contributed by atoms with van der Waals surface area (Å²) < 4.78 is 0. The monoisotopic (exact) mass is 206 g/mol. The number of amides is 1. The molecule has 4 heteroatoms. The quantitative estimate of drug-likeness (QED) is 0.675. The number of hydrogen-bond acceptors (Lipinski definition) is 2. The number of nitrogens with one attached hydrogen (secondary N) is 1. The molecule has 0 aromatic heterocycles. The molecule has 0 aromatic rings. The predicted octanol–water partition coefficient (Wildman–Crippen LogP) is 0.708. The summed E-state index contributed by atoms with van der Waals surface area (Å²) >= 11 is 0. The van der Waals surface area contributed by atoms with Gasteiger partial charge in [-0.05, 0) is 38.8 Å². The van der Waals surface area contributed by atoms with Crippen LogP contribution in [0.4, 0.5) is 0 Å². The zero-order valence-corrected chi connectivity index (χ0v) is 9.30. The topological polar surface area (TPSA) is 32.3 Å². The second kappa shape index (κ2) is 4.56. The standard InChI is InChI=1S/C11H19BN2O/c12-6-9-14-10(15)2-1-3-11(14)4-7-13-8-5-11/h13H,1-9H2. The lowest BCUT2D eigenvalue weighted by Crippen LogP contribution is -2.59. The number of hydrogen-bond donors (Lipinski definition) is 1. The number of rotatable bonds is 2. The Balaban J connectivity index is 2.14. The lowest BCUT2D eigenvalue weighted by atomic mass is 9.78. The van der Waals surface area contributed by atoms with Crippen molar-refractivity contribution in [2.45, 2.75) is 44.0 Å². The van der Waals surface area contributed by atoms with Crippen LogP contribution in [0.2, 0.25) is 6.32 Å². The molecule has 0 atom stereocenters. The van der Waals surface area contributed by atoms with Gasteiger partial charge in [0.2, 0.25) is 5.91 Å². The van der Waals surface area contributed by atoms with E-state index in [0.29, 0.717) is 12.2 Å². The normalized spacial score (nSPS) is 25.9. The molecular weight excluding hydrogens is 187 g/mol. The molecule has 1 spiro atoms. The summed E-state index contributed by atoms with van der Waals surface area (Å²) in [5.74, 6) is 0.314. The summed E-state index contributed by atoms with van der Waals surface area (Å²) in [6.07, 6.45) is 5.72. The van der Waals surface area contributed by atoms with Crippen molar-refractivity contribution in [3.63, 3.8) is 0 Å². The maximum absolute atomic E-state index is 11.9. The second-order valence-corrected chi connectivity index (χ2v) is 4.66. The molecule has 2 aliphatic rings. The van der Waals surface area contributed by atoms with Crippen LogP contribution < -0.4 is 5.32 Å². The van der Waals surface area contributed by atoms with E-state index in [4.69, 9.17) is 7.85 Å². The Morgan fingerprint density at radius 3 is 2.73 bits per heavy atom. The largest absolute Gasteiger partial charge is 0.338 e. The molecule has 2 saturated heterocycles. The Morgan fingerprint density at radius 1 is 1.33 bits per heavy atom. The lowest BCUT2D eigenvalue weighted by molar-refractivity contribution is -0.143. The van der Waals surface area contributed by atoms with E-state index in [-0.39, 0.29) is 5.54 Å². The van der Waals surface area contributed by atoms with E-state index in [9.17, 15) is 4.79 Å². The Kier molecular flexibility index (Phi) is 3.34.